The lowest BCUT2D eigenvalue weighted by Crippen LogP contribution is -2.13. The fraction of sp³-hybridized carbons (Fsp3) is 0.0667. The molecule has 4 nitrogen and oxygen atoms in total. The van der Waals surface area contributed by atoms with Gasteiger partial charge in [-0.1, -0.05) is 0 Å². The Labute approximate surface area is 124 Å². The quantitative estimate of drug-likeness (QED) is 0.914. The largest absolute Gasteiger partial charge is 0.324 e. The molecule has 114 valence electrons. The highest BCUT2D eigenvalue weighted by Gasteiger charge is 2.11. The smallest absolute Gasteiger partial charge is 0.255 e. The van der Waals surface area contributed by atoms with E-state index in [-0.39, 0.29) is 16.9 Å². The Bertz CT molecular complexity index is 727. The summed E-state index contributed by atoms with van der Waals surface area (Å²) < 4.78 is 39.6. The minimum absolute atomic E-state index is 0.115. The summed E-state index contributed by atoms with van der Waals surface area (Å²) in [5.74, 6) is -3.69. The second-order valence-electron chi connectivity index (χ2n) is 4.49. The van der Waals surface area contributed by atoms with E-state index in [9.17, 15) is 22.8 Å². The van der Waals surface area contributed by atoms with Crippen molar-refractivity contribution in [2.75, 3.05) is 10.6 Å². The third-order valence-corrected chi connectivity index (χ3v) is 2.66. The molecule has 2 N–H and O–H groups in total. The van der Waals surface area contributed by atoms with E-state index in [1.807, 2.05) is 0 Å². The molecule has 0 atom stereocenters. The van der Waals surface area contributed by atoms with Crippen LogP contribution in [0.4, 0.5) is 24.5 Å². The molecular weight excluding hydrogens is 297 g/mol. The van der Waals surface area contributed by atoms with Gasteiger partial charge in [0.15, 0.2) is 0 Å². The predicted molar refractivity (Wildman–Crippen MR) is 75.0 cm³/mol. The first-order valence-corrected chi connectivity index (χ1v) is 6.20. The van der Waals surface area contributed by atoms with Crippen molar-refractivity contribution in [3.05, 3.63) is 59.4 Å². The minimum atomic E-state index is -0.886. The van der Waals surface area contributed by atoms with Crippen molar-refractivity contribution in [1.82, 2.24) is 0 Å². The van der Waals surface area contributed by atoms with E-state index in [0.29, 0.717) is 6.07 Å². The average Bonchev–Trinajstić information content (AvgIpc) is 2.41. The molecule has 0 fully saturated rings. The van der Waals surface area contributed by atoms with Gasteiger partial charge in [-0.3, -0.25) is 9.59 Å². The average molecular weight is 308 g/mol. The van der Waals surface area contributed by atoms with Gasteiger partial charge < -0.3 is 10.6 Å². The van der Waals surface area contributed by atoms with Crippen molar-refractivity contribution in [3.8, 4) is 0 Å². The summed E-state index contributed by atoms with van der Waals surface area (Å²) in [5.41, 5.74) is -0.168. The molecule has 0 aliphatic rings. The third-order valence-electron chi connectivity index (χ3n) is 2.66. The molecule has 0 spiro atoms. The molecule has 22 heavy (non-hydrogen) atoms. The zero-order valence-corrected chi connectivity index (χ0v) is 11.4. The number of carbonyl (C=O) groups excluding carboxylic acids is 2. The van der Waals surface area contributed by atoms with Crippen LogP contribution < -0.4 is 10.6 Å². The van der Waals surface area contributed by atoms with Crippen molar-refractivity contribution in [2.45, 2.75) is 6.92 Å². The molecule has 0 radical (unpaired) electrons. The number of carbonyl (C=O) groups is 2. The third kappa shape index (κ3) is 3.85. The Morgan fingerprint density at radius 1 is 0.909 bits per heavy atom. The number of hydrogen-bond donors (Lipinski definition) is 2. The summed E-state index contributed by atoms with van der Waals surface area (Å²) >= 11 is 0. The van der Waals surface area contributed by atoms with Crippen LogP contribution in [0.25, 0.3) is 0 Å². The standard InChI is InChI=1S/C15H11F3N2O2/c1-8(21)19-14-7-12(2-3-13(14)18)20-15(22)9-4-10(16)6-11(17)5-9/h2-7H,1H3,(H,19,21)(H,20,22). The summed E-state index contributed by atoms with van der Waals surface area (Å²) in [5, 5.41) is 4.62. The number of anilines is 2. The molecular formula is C15H11F3N2O2. The maximum absolute atomic E-state index is 13.5. The molecule has 2 aromatic carbocycles. The van der Waals surface area contributed by atoms with Gasteiger partial charge in [0.1, 0.15) is 17.5 Å². The first-order valence-electron chi connectivity index (χ1n) is 6.20. The van der Waals surface area contributed by atoms with Gasteiger partial charge in [-0.05, 0) is 30.3 Å². The van der Waals surface area contributed by atoms with Gasteiger partial charge >= 0.3 is 0 Å². The molecule has 0 bridgehead atoms. The summed E-state index contributed by atoms with van der Waals surface area (Å²) in [6.07, 6.45) is 0. The number of amides is 2. The van der Waals surface area contributed by atoms with Crippen LogP contribution in [0, 0.1) is 17.5 Å². The van der Waals surface area contributed by atoms with E-state index < -0.39 is 29.3 Å². The van der Waals surface area contributed by atoms with Crippen LogP contribution in [0.3, 0.4) is 0 Å². The van der Waals surface area contributed by atoms with Crippen LogP contribution in [0.2, 0.25) is 0 Å². The van der Waals surface area contributed by atoms with Crippen molar-refractivity contribution in [1.29, 1.82) is 0 Å². The highest BCUT2D eigenvalue weighted by molar-refractivity contribution is 6.04. The Balaban J connectivity index is 2.22. The number of hydrogen-bond acceptors (Lipinski definition) is 2. The van der Waals surface area contributed by atoms with E-state index in [4.69, 9.17) is 0 Å². The molecule has 2 aromatic rings. The van der Waals surface area contributed by atoms with Crippen LogP contribution in [-0.2, 0) is 4.79 Å². The lowest BCUT2D eigenvalue weighted by molar-refractivity contribution is -0.114. The van der Waals surface area contributed by atoms with Gasteiger partial charge in [-0.25, -0.2) is 13.2 Å². The van der Waals surface area contributed by atoms with E-state index in [2.05, 4.69) is 10.6 Å². The van der Waals surface area contributed by atoms with Crippen LogP contribution in [0.1, 0.15) is 17.3 Å². The van der Waals surface area contributed by atoms with Gasteiger partial charge in [-0.15, -0.1) is 0 Å². The van der Waals surface area contributed by atoms with Crippen LogP contribution in [0.5, 0.6) is 0 Å². The van der Waals surface area contributed by atoms with Crippen molar-refractivity contribution < 1.29 is 22.8 Å². The molecule has 7 heteroatoms. The molecule has 0 saturated heterocycles. The minimum Gasteiger partial charge on any atom is -0.324 e. The zero-order chi connectivity index (χ0) is 16.3. The topological polar surface area (TPSA) is 58.2 Å². The molecule has 0 aliphatic carbocycles. The molecule has 2 rings (SSSR count). The maximum atomic E-state index is 13.5. The van der Waals surface area contributed by atoms with Gasteiger partial charge in [0.05, 0.1) is 5.69 Å². The summed E-state index contributed by atoms with van der Waals surface area (Å²) in [6, 6.07) is 5.89. The second kappa shape index (κ2) is 6.30. The normalized spacial score (nSPS) is 10.2. The molecule has 2 amide bonds. The fourth-order valence-corrected chi connectivity index (χ4v) is 1.78. The predicted octanol–water partition coefficient (Wildman–Crippen LogP) is 3.31. The number of benzene rings is 2. The van der Waals surface area contributed by atoms with Crippen LogP contribution in [0.15, 0.2) is 36.4 Å². The van der Waals surface area contributed by atoms with Crippen molar-refractivity contribution >= 4 is 23.2 Å². The van der Waals surface area contributed by atoms with Gasteiger partial charge in [0.2, 0.25) is 5.91 Å². The first kappa shape index (κ1) is 15.6. The Morgan fingerprint density at radius 2 is 1.55 bits per heavy atom. The summed E-state index contributed by atoms with van der Waals surface area (Å²) in [7, 11) is 0. The first-order chi connectivity index (χ1) is 10.3. The molecule has 0 aromatic heterocycles. The molecule has 0 saturated carbocycles. The van der Waals surface area contributed by atoms with Crippen molar-refractivity contribution in [3.63, 3.8) is 0 Å². The number of rotatable bonds is 3. The second-order valence-corrected chi connectivity index (χ2v) is 4.49. The summed E-state index contributed by atoms with van der Waals surface area (Å²) in [6.45, 7) is 1.21. The molecule has 0 unspecified atom stereocenters. The Morgan fingerprint density at radius 3 is 2.14 bits per heavy atom. The summed E-state index contributed by atoms with van der Waals surface area (Å²) in [4.78, 5) is 22.9. The lowest BCUT2D eigenvalue weighted by atomic mass is 10.2. The van der Waals surface area contributed by atoms with E-state index >= 15 is 0 Å². The number of halogens is 3. The lowest BCUT2D eigenvalue weighted by Gasteiger charge is -2.09. The Hall–Kier alpha value is -2.83. The van der Waals surface area contributed by atoms with Crippen LogP contribution >= 0.6 is 0 Å². The maximum Gasteiger partial charge on any atom is 0.255 e. The zero-order valence-electron chi connectivity index (χ0n) is 11.4. The van der Waals surface area contributed by atoms with E-state index in [0.717, 1.165) is 18.2 Å². The molecule has 0 aliphatic heterocycles. The fourth-order valence-electron chi connectivity index (χ4n) is 1.78. The monoisotopic (exact) mass is 308 g/mol. The van der Waals surface area contributed by atoms with Gasteiger partial charge in [0, 0.05) is 24.2 Å². The van der Waals surface area contributed by atoms with Crippen LogP contribution in [-0.4, -0.2) is 11.8 Å². The van der Waals surface area contributed by atoms with Gasteiger partial charge in [-0.2, -0.15) is 0 Å². The van der Waals surface area contributed by atoms with Crippen molar-refractivity contribution in [2.24, 2.45) is 0 Å². The highest BCUT2D eigenvalue weighted by Crippen LogP contribution is 2.20. The van der Waals surface area contributed by atoms with E-state index in [1.165, 1.54) is 19.1 Å². The van der Waals surface area contributed by atoms with E-state index in [1.54, 1.807) is 0 Å². The Kier molecular flexibility index (Phi) is 4.45. The molecule has 0 heterocycles. The SMILES string of the molecule is CC(=O)Nc1cc(NC(=O)c2cc(F)cc(F)c2)ccc1F. The van der Waals surface area contributed by atoms with Gasteiger partial charge in [0.25, 0.3) is 5.91 Å². The highest BCUT2D eigenvalue weighted by atomic mass is 19.1. The number of nitrogens with one attached hydrogen (secondary N) is 2.